The lowest BCUT2D eigenvalue weighted by atomic mass is 10.0. The molecule has 9 nitrogen and oxygen atoms in total. The molecule has 3 amide bonds. The molecule has 0 bridgehead atoms. The average molecular weight is 661 g/mol. The van der Waals surface area contributed by atoms with Crippen LogP contribution < -0.4 is 9.74 Å². The largest absolute Gasteiger partial charge is 0.463 e. The molecule has 3 unspecified atom stereocenters. The van der Waals surface area contributed by atoms with Gasteiger partial charge < -0.3 is 19.9 Å². The third-order valence-corrected chi connectivity index (χ3v) is 5.64. The van der Waals surface area contributed by atoms with Gasteiger partial charge in [0.25, 0.3) is 0 Å². The molecule has 1 aliphatic heterocycles. The fraction of sp³-hybridized carbons (Fsp3) is 0.593. The lowest BCUT2D eigenvalue weighted by Gasteiger charge is -2.22. The number of nitrogens with zero attached hydrogens (tertiary/aromatic N) is 4. The van der Waals surface area contributed by atoms with Crippen LogP contribution in [0.15, 0.2) is 24.3 Å². The number of amides is 3. The van der Waals surface area contributed by atoms with E-state index in [0.29, 0.717) is 16.1 Å². The lowest BCUT2D eigenvalue weighted by Crippen LogP contribution is -2.52. The second-order valence-electron chi connectivity index (χ2n) is 11.4. The molecule has 242 valence electrons. The van der Waals surface area contributed by atoms with Crippen molar-refractivity contribution in [3.63, 3.8) is 0 Å². The molecular weight excluding hydrogens is 624 g/mol. The number of hydrogen-bond donors (Lipinski definition) is 1. The van der Waals surface area contributed by atoms with Gasteiger partial charge in [0, 0.05) is 23.3 Å². The van der Waals surface area contributed by atoms with Gasteiger partial charge in [-0.3, -0.25) is 14.4 Å². The molecule has 1 aliphatic rings. The summed E-state index contributed by atoms with van der Waals surface area (Å²) in [5.41, 5.74) is 0.998. The number of halogens is 7. The van der Waals surface area contributed by atoms with Crippen molar-refractivity contribution in [3.8, 4) is 6.07 Å². The molecule has 0 radical (unpaired) electrons. The zero-order chi connectivity index (χ0) is 33.9. The minimum Gasteiger partial charge on any atom is -0.341 e. The van der Waals surface area contributed by atoms with Gasteiger partial charge in [-0.1, -0.05) is 39.3 Å². The smallest absolute Gasteiger partial charge is 0.341 e. The molecule has 1 aromatic rings. The number of likely N-dealkylation sites (tertiary alicyclic amines) is 1. The van der Waals surface area contributed by atoms with E-state index in [0.717, 1.165) is 11.3 Å². The molecule has 43 heavy (non-hydrogen) atoms. The number of benzene rings is 1. The molecule has 1 N–H and O–H groups in total. The van der Waals surface area contributed by atoms with Crippen LogP contribution in [0.3, 0.4) is 0 Å². The first-order valence-corrected chi connectivity index (χ1v) is 13.5. The van der Waals surface area contributed by atoms with E-state index in [-0.39, 0.29) is 37.6 Å². The Balaban J connectivity index is 0.000000785. The van der Waals surface area contributed by atoms with Crippen molar-refractivity contribution in [3.05, 3.63) is 29.3 Å². The highest BCUT2D eigenvalue weighted by Crippen LogP contribution is 2.35. The second kappa shape index (κ2) is 16.7. The van der Waals surface area contributed by atoms with Crippen LogP contribution in [0.2, 0.25) is 5.02 Å². The average Bonchev–Trinajstić information content (AvgIpc) is 3.31. The van der Waals surface area contributed by atoms with Gasteiger partial charge in [0.05, 0.1) is 30.3 Å². The van der Waals surface area contributed by atoms with Crippen LogP contribution in [0.25, 0.3) is 0 Å². The first-order chi connectivity index (χ1) is 19.5. The van der Waals surface area contributed by atoms with E-state index in [9.17, 15) is 46.4 Å². The topological polar surface area (TPSA) is 114 Å². The van der Waals surface area contributed by atoms with E-state index >= 15 is 0 Å². The van der Waals surface area contributed by atoms with Crippen molar-refractivity contribution >= 4 is 53.1 Å². The third kappa shape index (κ3) is 13.9. The van der Waals surface area contributed by atoms with Crippen molar-refractivity contribution in [1.82, 2.24) is 15.1 Å². The summed E-state index contributed by atoms with van der Waals surface area (Å²) in [4.78, 5) is 48.2. The molecule has 0 saturated carbocycles. The highest BCUT2D eigenvalue weighted by molar-refractivity contribution is 6.37. The van der Waals surface area contributed by atoms with Crippen LogP contribution >= 0.6 is 23.4 Å². The maximum absolute atomic E-state index is 12.6. The third-order valence-electron chi connectivity index (χ3n) is 5.02. The van der Waals surface area contributed by atoms with Gasteiger partial charge in [0.15, 0.2) is 0 Å². The fourth-order valence-electron chi connectivity index (χ4n) is 3.09. The summed E-state index contributed by atoms with van der Waals surface area (Å²) in [5.74, 6) is -9.03. The maximum Gasteiger partial charge on any atom is 0.463 e. The molecule has 0 aromatic heterocycles. The molecule has 0 aliphatic carbocycles. The van der Waals surface area contributed by atoms with E-state index < -0.39 is 36.0 Å². The number of nitrogens with one attached hydrogen (secondary N) is 1. The Morgan fingerprint density at radius 3 is 2.00 bits per heavy atom. The second-order valence-corrected chi connectivity index (χ2v) is 12.2. The van der Waals surface area contributed by atoms with Crippen LogP contribution in [0.4, 0.5) is 27.6 Å². The lowest BCUT2D eigenvalue weighted by molar-refractivity contribution is -0.269. The summed E-state index contributed by atoms with van der Waals surface area (Å²) in [6.07, 6.45) is -5.64. The van der Waals surface area contributed by atoms with Crippen LogP contribution in [0.5, 0.6) is 0 Å². The highest BCUT2D eigenvalue weighted by atomic mass is 35.5. The molecule has 1 heterocycles. The number of nitriles is 1. The van der Waals surface area contributed by atoms with Gasteiger partial charge in [-0.05, 0) is 57.1 Å². The summed E-state index contributed by atoms with van der Waals surface area (Å²) in [6, 6.07) is 6.64. The minimum atomic E-state index is -5.96. The monoisotopic (exact) mass is 659 g/mol. The number of aldehydes is 1. The summed E-state index contributed by atoms with van der Waals surface area (Å²) in [7, 11) is 3.55. The Labute approximate surface area is 258 Å². The Morgan fingerprint density at radius 2 is 1.60 bits per heavy atom. The van der Waals surface area contributed by atoms with Crippen LogP contribution in [0, 0.1) is 22.7 Å². The van der Waals surface area contributed by atoms with Gasteiger partial charge in [-0.25, -0.2) is 4.42 Å². The number of rotatable bonds is 7. The SMILES string of the molecule is CC(C)(C)C.CC(C=O)NC(=O)C(F)(F)C(F)(F)F.CN(C)CC(=O)N1CC(C(=O)N(Cl)c2ccc(Cl)cc2)CC1C#N. The summed E-state index contributed by atoms with van der Waals surface area (Å²) in [6.45, 7) is 10.1. The summed E-state index contributed by atoms with van der Waals surface area (Å²) >= 11 is 12.0. The molecule has 1 saturated heterocycles. The van der Waals surface area contributed by atoms with Gasteiger partial charge in [0.1, 0.15) is 12.3 Å². The van der Waals surface area contributed by atoms with Crippen molar-refractivity contribution in [2.45, 2.75) is 65.2 Å². The van der Waals surface area contributed by atoms with Crippen molar-refractivity contribution in [2.75, 3.05) is 31.6 Å². The molecule has 3 atom stereocenters. The molecule has 1 aromatic carbocycles. The molecule has 16 heteroatoms. The number of hydrogen-bond acceptors (Lipinski definition) is 6. The Morgan fingerprint density at radius 1 is 1.12 bits per heavy atom. The Kier molecular flexibility index (Phi) is 15.6. The summed E-state index contributed by atoms with van der Waals surface area (Å²) in [5, 5.41) is 11.0. The zero-order valence-electron chi connectivity index (χ0n) is 24.8. The van der Waals surface area contributed by atoms with Gasteiger partial charge in [-0.15, -0.1) is 0 Å². The highest BCUT2D eigenvalue weighted by Gasteiger charge is 2.63. The zero-order valence-corrected chi connectivity index (χ0v) is 26.3. The molecular formula is C27H36Cl2F5N5O4. The number of anilines is 1. The first-order valence-electron chi connectivity index (χ1n) is 12.8. The number of likely N-dealkylation sites (N-methyl/N-ethyl adjacent to an activating group) is 1. The first kappa shape index (κ1) is 40.0. The number of carbonyl (C=O) groups excluding carboxylic acids is 4. The van der Waals surface area contributed by atoms with Crippen LogP contribution in [0.1, 0.15) is 41.0 Å². The summed E-state index contributed by atoms with van der Waals surface area (Å²) < 4.78 is 60.0. The minimum absolute atomic E-state index is 0.0321. The fourth-order valence-corrected chi connectivity index (χ4v) is 3.47. The Hall–Kier alpha value is -3.02. The quantitative estimate of drug-likeness (QED) is 0.248. The van der Waals surface area contributed by atoms with Crippen LogP contribution in [-0.4, -0.2) is 85.2 Å². The van der Waals surface area contributed by atoms with Crippen molar-refractivity contribution in [2.24, 2.45) is 11.3 Å². The van der Waals surface area contributed by atoms with E-state index in [1.807, 2.05) is 0 Å². The predicted molar refractivity (Wildman–Crippen MR) is 152 cm³/mol. The van der Waals surface area contributed by atoms with E-state index in [1.165, 1.54) is 10.2 Å². The standard InChI is InChI=1S/C16H18Cl2N4O2.C6H6F5NO2.C5H12/c1-20(2)10-15(23)21-9-11(7-14(21)8-19)16(24)22(18)13-5-3-12(17)4-6-13;1-3(2-13)12-4(14)5(7,8)6(9,10)11;1-5(2,3)4/h3-6,11,14H,7,9-10H2,1-2H3;2-3H,1H3,(H,12,14);1-4H3. The maximum atomic E-state index is 12.6. The van der Waals surface area contributed by atoms with E-state index in [1.54, 1.807) is 43.3 Å². The number of alkyl halides is 5. The van der Waals surface area contributed by atoms with Crippen molar-refractivity contribution in [1.29, 1.82) is 5.26 Å². The normalized spacial score (nSPS) is 17.4. The van der Waals surface area contributed by atoms with Gasteiger partial charge >= 0.3 is 18.0 Å². The van der Waals surface area contributed by atoms with E-state index in [4.69, 9.17) is 23.4 Å². The van der Waals surface area contributed by atoms with Crippen molar-refractivity contribution < 1.29 is 41.1 Å². The number of carbonyl (C=O) groups is 4. The molecule has 1 fully saturated rings. The molecule has 0 spiro atoms. The van der Waals surface area contributed by atoms with Gasteiger partial charge in [0.2, 0.25) is 11.8 Å². The predicted octanol–water partition coefficient (Wildman–Crippen LogP) is 5.07. The van der Waals surface area contributed by atoms with Gasteiger partial charge in [-0.2, -0.15) is 27.2 Å². The Bertz CT molecular complexity index is 1130. The molecule has 2 rings (SSSR count). The van der Waals surface area contributed by atoms with E-state index in [2.05, 4.69) is 33.8 Å². The van der Waals surface area contributed by atoms with Crippen LogP contribution in [-0.2, 0) is 19.2 Å².